The average Bonchev–Trinajstić information content (AvgIpc) is 2.82. The number of anilines is 1. The number of rotatable bonds is 7. The lowest BCUT2D eigenvalue weighted by Gasteiger charge is -2.02. The third kappa shape index (κ3) is 3.66. The Morgan fingerprint density at radius 3 is 2.85 bits per heavy atom. The number of nitrogen functional groups attached to an aromatic ring is 1. The molecule has 0 spiro atoms. The molecule has 0 aliphatic carbocycles. The Balaban J connectivity index is 2.07. The van der Waals surface area contributed by atoms with Crippen molar-refractivity contribution in [1.82, 2.24) is 4.98 Å². The molecule has 0 atom stereocenters. The van der Waals surface area contributed by atoms with Crippen molar-refractivity contribution in [2.45, 2.75) is 4.34 Å². The van der Waals surface area contributed by atoms with Gasteiger partial charge in [-0.05, 0) is 18.2 Å². The summed E-state index contributed by atoms with van der Waals surface area (Å²) in [5.41, 5.74) is 6.90. The van der Waals surface area contributed by atoms with E-state index < -0.39 is 9.84 Å². The average molecular weight is 316 g/mol. The zero-order chi connectivity index (χ0) is 14.6. The lowest BCUT2D eigenvalue weighted by molar-refractivity contribution is 0.0785. The van der Waals surface area contributed by atoms with Gasteiger partial charge >= 0.3 is 0 Å². The third-order valence-electron chi connectivity index (χ3n) is 2.59. The largest absolute Gasteiger partial charge is 0.399 e. The number of sulfone groups is 1. The first-order valence-electron chi connectivity index (χ1n) is 5.98. The highest BCUT2D eigenvalue weighted by atomic mass is 32.2. The van der Waals surface area contributed by atoms with Crippen LogP contribution in [0.2, 0.25) is 0 Å². The molecule has 110 valence electrons. The van der Waals surface area contributed by atoms with E-state index in [1.165, 1.54) is 0 Å². The first-order valence-corrected chi connectivity index (χ1v) is 8.45. The Morgan fingerprint density at radius 2 is 2.10 bits per heavy atom. The molecule has 20 heavy (non-hydrogen) atoms. The molecule has 0 aliphatic heterocycles. The molecule has 0 saturated heterocycles. The summed E-state index contributed by atoms with van der Waals surface area (Å²) in [4.78, 5) is 4.14. The van der Waals surface area contributed by atoms with Crippen LogP contribution in [0.5, 0.6) is 0 Å². The maximum Gasteiger partial charge on any atom is 0.210 e. The van der Waals surface area contributed by atoms with Gasteiger partial charge in [-0.1, -0.05) is 0 Å². The van der Waals surface area contributed by atoms with E-state index in [2.05, 4.69) is 4.98 Å². The summed E-state index contributed by atoms with van der Waals surface area (Å²) in [7, 11) is -1.86. The number of benzene rings is 1. The molecule has 2 N–H and O–H groups in total. The van der Waals surface area contributed by atoms with Crippen LogP contribution in [-0.4, -0.2) is 46.1 Å². The smallest absolute Gasteiger partial charge is 0.210 e. The molecule has 0 amide bonds. The molecule has 1 heterocycles. The molecule has 0 aliphatic rings. The van der Waals surface area contributed by atoms with Crippen LogP contribution in [-0.2, 0) is 19.3 Å². The zero-order valence-electron chi connectivity index (χ0n) is 11.0. The summed E-state index contributed by atoms with van der Waals surface area (Å²) in [6.45, 7) is 0.951. The quantitative estimate of drug-likeness (QED) is 0.612. The zero-order valence-corrected chi connectivity index (χ0v) is 12.7. The molecule has 0 unspecified atom stereocenters. The first-order chi connectivity index (χ1) is 9.53. The minimum Gasteiger partial charge on any atom is -0.399 e. The van der Waals surface area contributed by atoms with Gasteiger partial charge in [0.15, 0.2) is 0 Å². The number of hydrogen-bond acceptors (Lipinski definition) is 7. The highest BCUT2D eigenvalue weighted by Crippen LogP contribution is 2.27. The number of methoxy groups -OCH3 is 1. The summed E-state index contributed by atoms with van der Waals surface area (Å²) in [6, 6.07) is 5.14. The maximum atomic E-state index is 12.1. The fraction of sp³-hybridized carbons (Fsp3) is 0.417. The third-order valence-corrected chi connectivity index (χ3v) is 5.74. The standard InChI is InChI=1S/C12H16N2O4S2/c1-17-4-5-18-6-7-20(15,16)12-14-10-3-2-9(13)8-11(10)19-12/h2-3,8H,4-7,13H2,1H3. The van der Waals surface area contributed by atoms with E-state index in [9.17, 15) is 8.42 Å². The minimum absolute atomic E-state index is 0.0913. The first kappa shape index (κ1) is 15.2. The molecule has 2 aromatic rings. The van der Waals surface area contributed by atoms with Gasteiger partial charge in [-0.2, -0.15) is 0 Å². The Kier molecular flexibility index (Phi) is 4.92. The van der Waals surface area contributed by atoms with Crippen molar-refractivity contribution in [2.24, 2.45) is 0 Å². The number of hydrogen-bond donors (Lipinski definition) is 1. The molecule has 2 rings (SSSR count). The van der Waals surface area contributed by atoms with Crippen LogP contribution in [0.3, 0.4) is 0 Å². The van der Waals surface area contributed by atoms with Gasteiger partial charge < -0.3 is 15.2 Å². The second kappa shape index (κ2) is 6.49. The molecule has 0 radical (unpaired) electrons. The SMILES string of the molecule is COCCOCCS(=O)(=O)c1nc2ccc(N)cc2s1. The van der Waals surface area contributed by atoms with Crippen LogP contribution in [0, 0.1) is 0 Å². The lowest BCUT2D eigenvalue weighted by atomic mass is 10.3. The summed E-state index contributed by atoms with van der Waals surface area (Å²) >= 11 is 1.13. The van der Waals surface area contributed by atoms with E-state index >= 15 is 0 Å². The molecule has 0 fully saturated rings. The fourth-order valence-electron chi connectivity index (χ4n) is 1.55. The maximum absolute atomic E-state index is 12.1. The molecule has 1 aromatic carbocycles. The number of ether oxygens (including phenoxy) is 2. The van der Waals surface area contributed by atoms with Gasteiger partial charge in [0.1, 0.15) is 0 Å². The van der Waals surface area contributed by atoms with Crippen LogP contribution in [0.25, 0.3) is 10.2 Å². The van der Waals surface area contributed by atoms with Crippen LogP contribution >= 0.6 is 11.3 Å². The predicted octanol–water partition coefficient (Wildman–Crippen LogP) is 1.32. The summed E-state index contributed by atoms with van der Waals surface area (Å²) in [6.07, 6.45) is 0. The van der Waals surface area contributed by atoms with Crippen LogP contribution < -0.4 is 5.73 Å². The van der Waals surface area contributed by atoms with Crippen molar-refractivity contribution in [3.8, 4) is 0 Å². The molecule has 0 bridgehead atoms. The lowest BCUT2D eigenvalue weighted by Crippen LogP contribution is -2.14. The summed E-state index contributed by atoms with van der Waals surface area (Å²) in [5.74, 6) is -0.0913. The van der Waals surface area contributed by atoms with Gasteiger partial charge in [0.2, 0.25) is 14.2 Å². The highest BCUT2D eigenvalue weighted by Gasteiger charge is 2.19. The Labute approximate surface area is 121 Å². The molecular formula is C12H16N2O4S2. The van der Waals surface area contributed by atoms with Crippen LogP contribution in [0.15, 0.2) is 22.5 Å². The Bertz CT molecular complexity index is 682. The molecule has 6 nitrogen and oxygen atoms in total. The molecular weight excluding hydrogens is 300 g/mol. The van der Waals surface area contributed by atoms with Crippen molar-refractivity contribution in [3.05, 3.63) is 18.2 Å². The van der Waals surface area contributed by atoms with E-state index in [1.807, 2.05) is 0 Å². The number of fused-ring (bicyclic) bond motifs is 1. The monoisotopic (exact) mass is 316 g/mol. The normalized spacial score (nSPS) is 12.1. The second-order valence-electron chi connectivity index (χ2n) is 4.13. The van der Waals surface area contributed by atoms with Crippen molar-refractivity contribution in [3.63, 3.8) is 0 Å². The van der Waals surface area contributed by atoms with Crippen molar-refractivity contribution < 1.29 is 17.9 Å². The summed E-state index contributed by atoms with van der Waals surface area (Å²) in [5, 5.41) is 0. The second-order valence-corrected chi connectivity index (χ2v) is 7.44. The van der Waals surface area contributed by atoms with Crippen molar-refractivity contribution in [1.29, 1.82) is 0 Å². The van der Waals surface area contributed by atoms with E-state index in [4.69, 9.17) is 15.2 Å². The fourth-order valence-corrected chi connectivity index (χ4v) is 4.08. The number of nitrogens with two attached hydrogens (primary N) is 1. The van der Waals surface area contributed by atoms with Gasteiger partial charge in [-0.15, -0.1) is 11.3 Å². The van der Waals surface area contributed by atoms with Crippen molar-refractivity contribution >= 4 is 37.1 Å². The molecule has 8 heteroatoms. The number of aromatic nitrogens is 1. The minimum atomic E-state index is -3.42. The van der Waals surface area contributed by atoms with Crippen LogP contribution in [0.1, 0.15) is 0 Å². The number of thiazole rings is 1. The molecule has 1 aromatic heterocycles. The molecule has 0 saturated carbocycles. The van der Waals surface area contributed by atoms with Crippen molar-refractivity contribution in [2.75, 3.05) is 38.4 Å². The van der Waals surface area contributed by atoms with Gasteiger partial charge in [0.25, 0.3) is 0 Å². The Hall–Kier alpha value is -1.22. The highest BCUT2D eigenvalue weighted by molar-refractivity contribution is 7.93. The topological polar surface area (TPSA) is 91.5 Å². The predicted molar refractivity (Wildman–Crippen MR) is 78.8 cm³/mol. The van der Waals surface area contributed by atoms with Gasteiger partial charge in [0.05, 0.1) is 35.8 Å². The van der Waals surface area contributed by atoms with Crippen LogP contribution in [0.4, 0.5) is 5.69 Å². The van der Waals surface area contributed by atoms with Gasteiger partial charge in [0, 0.05) is 12.8 Å². The van der Waals surface area contributed by atoms with E-state index in [-0.39, 0.29) is 16.7 Å². The van der Waals surface area contributed by atoms with Gasteiger partial charge in [-0.25, -0.2) is 13.4 Å². The number of nitrogens with zero attached hydrogens (tertiary/aromatic N) is 1. The Morgan fingerprint density at radius 1 is 1.30 bits per heavy atom. The van der Waals surface area contributed by atoms with E-state index in [0.717, 1.165) is 16.0 Å². The summed E-state index contributed by atoms with van der Waals surface area (Å²) < 4.78 is 35.1. The van der Waals surface area contributed by atoms with E-state index in [1.54, 1.807) is 25.3 Å². The van der Waals surface area contributed by atoms with Gasteiger partial charge in [-0.3, -0.25) is 0 Å². The van der Waals surface area contributed by atoms with E-state index in [0.29, 0.717) is 24.4 Å².